The summed E-state index contributed by atoms with van der Waals surface area (Å²) in [6.45, 7) is 5.54. The Balaban J connectivity index is 0. The van der Waals surface area contributed by atoms with Crippen LogP contribution in [0, 0.1) is 92.0 Å². The summed E-state index contributed by atoms with van der Waals surface area (Å²) in [5, 5.41) is 0. The Bertz CT molecular complexity index is 1070. The van der Waals surface area contributed by atoms with Crippen LogP contribution >= 0.6 is 23.5 Å². The van der Waals surface area contributed by atoms with Crippen molar-refractivity contribution in [2.75, 3.05) is 0 Å². The number of aryl methyl sites for hydroxylation is 3. The Morgan fingerprint density at radius 2 is 0.579 bits per heavy atom. The van der Waals surface area contributed by atoms with Crippen molar-refractivity contribution >= 4 is 23.5 Å². The summed E-state index contributed by atoms with van der Waals surface area (Å²) in [6, 6.07) is 18.5. The van der Waals surface area contributed by atoms with Gasteiger partial charge in [0.1, 0.15) is 40.7 Å². The summed E-state index contributed by atoms with van der Waals surface area (Å²) in [4.78, 5) is 60.8. The van der Waals surface area contributed by atoms with Gasteiger partial charge in [0.2, 0.25) is 0 Å². The number of phosphoric acid groups is 3. The summed E-state index contributed by atoms with van der Waals surface area (Å²) in [6.07, 6.45) is 0. The number of hydrogen-bond acceptors (Lipinski definition) is 12. The van der Waals surface area contributed by atoms with E-state index in [4.69, 9.17) is 0 Å². The van der Waals surface area contributed by atoms with Gasteiger partial charge in [-0.1, -0.05) is 53.1 Å². The molecule has 0 fully saturated rings. The molecule has 0 heterocycles. The second-order valence-corrected chi connectivity index (χ2v) is 10.3. The van der Waals surface area contributed by atoms with Crippen LogP contribution in [-0.4, -0.2) is 0 Å². The van der Waals surface area contributed by atoms with Crippen LogP contribution in [0.4, 0.5) is 0 Å². The molecule has 3 aromatic rings. The quantitative estimate of drug-likeness (QED) is 0.312. The normalized spacial score (nSPS) is 10.7. The molecule has 17 heteroatoms. The number of rotatable bonds is 6. The van der Waals surface area contributed by atoms with Crippen LogP contribution < -0.4 is 42.9 Å². The smallest absolute Gasteiger partial charge is 0.780 e. The Hall–Kier alpha value is -0.100. The molecule has 0 saturated carbocycles. The van der Waals surface area contributed by atoms with Crippen molar-refractivity contribution in [3.63, 3.8) is 0 Å². The molecule has 0 aliphatic heterocycles. The minimum absolute atomic E-state index is 0. The minimum Gasteiger partial charge on any atom is -0.780 e. The maximum absolute atomic E-state index is 10.1. The second-order valence-electron chi connectivity index (χ2n) is 7.05. The van der Waals surface area contributed by atoms with Crippen molar-refractivity contribution in [2.45, 2.75) is 20.8 Å². The van der Waals surface area contributed by atoms with Crippen LogP contribution in [0.1, 0.15) is 16.7 Å². The first kappa shape index (κ1) is 40.0. The maximum Gasteiger partial charge on any atom is 3.00 e. The van der Waals surface area contributed by atoms with Gasteiger partial charge in [-0.25, -0.2) is 0 Å². The topological polar surface area (TPSA) is 217 Å². The zero-order valence-corrected chi connectivity index (χ0v) is 30.3. The molecule has 0 radical (unpaired) electrons. The monoisotopic (exact) mass is 836 g/mol. The van der Waals surface area contributed by atoms with E-state index in [1.54, 1.807) is 36.4 Å². The summed E-state index contributed by atoms with van der Waals surface area (Å²) in [5.41, 5.74) is 2.90. The predicted molar refractivity (Wildman–Crippen MR) is 118 cm³/mol. The standard InChI is InChI=1S/3C7H9O4P.2La/c3*1-6-2-4-7(5-3-6)11-12(8,9)10;;/h3*2-5H,1H3,(H2,8,9,10);;/q;;;2*+3/p-6. The van der Waals surface area contributed by atoms with E-state index in [0.29, 0.717) is 0 Å². The van der Waals surface area contributed by atoms with E-state index in [1.165, 1.54) is 36.4 Å². The summed E-state index contributed by atoms with van der Waals surface area (Å²) in [7, 11) is -14.7. The van der Waals surface area contributed by atoms with Crippen LogP contribution in [0.25, 0.3) is 0 Å². The summed E-state index contributed by atoms with van der Waals surface area (Å²) < 4.78 is 42.7. The van der Waals surface area contributed by atoms with Crippen molar-refractivity contribution in [2.24, 2.45) is 0 Å². The molecule has 0 aliphatic rings. The summed E-state index contributed by atoms with van der Waals surface area (Å²) >= 11 is 0. The fourth-order valence-electron chi connectivity index (χ4n) is 2.18. The summed E-state index contributed by atoms with van der Waals surface area (Å²) in [5.74, 6) is 0.150. The molecule has 0 bridgehead atoms. The average Bonchev–Trinajstić information content (AvgIpc) is 2.71. The van der Waals surface area contributed by atoms with E-state index in [9.17, 15) is 43.1 Å². The van der Waals surface area contributed by atoms with Crippen LogP contribution in [0.2, 0.25) is 0 Å². The largest absolute Gasteiger partial charge is 3.00 e. The Morgan fingerprint density at radius 1 is 0.421 bits per heavy atom. The van der Waals surface area contributed by atoms with Crippen LogP contribution in [-0.2, 0) is 13.7 Å². The molecular weight excluding hydrogens is 815 g/mol. The van der Waals surface area contributed by atoms with Gasteiger partial charge in [0.25, 0.3) is 0 Å². The van der Waals surface area contributed by atoms with Gasteiger partial charge in [-0.3, -0.25) is 0 Å². The zero-order valence-electron chi connectivity index (χ0n) is 20.3. The van der Waals surface area contributed by atoms with E-state index in [0.717, 1.165) is 16.7 Å². The fraction of sp³-hybridized carbons (Fsp3) is 0.143. The van der Waals surface area contributed by atoms with Gasteiger partial charge < -0.3 is 56.6 Å². The van der Waals surface area contributed by atoms with E-state index in [2.05, 4.69) is 13.6 Å². The van der Waals surface area contributed by atoms with Gasteiger partial charge >= 0.3 is 71.2 Å². The third-order valence-electron chi connectivity index (χ3n) is 3.71. The molecule has 3 rings (SSSR count). The third-order valence-corrected chi connectivity index (χ3v) is 5.02. The number of benzene rings is 3. The van der Waals surface area contributed by atoms with E-state index < -0.39 is 23.5 Å². The number of phosphoric ester groups is 3. The second kappa shape index (κ2) is 18.4. The van der Waals surface area contributed by atoms with E-state index in [1.807, 2.05) is 20.8 Å². The Morgan fingerprint density at radius 3 is 0.711 bits per heavy atom. The van der Waals surface area contributed by atoms with Crippen molar-refractivity contribution in [3.8, 4) is 17.2 Å². The molecule has 0 aromatic heterocycles. The molecular formula is C21H21La2O12P3. The molecule has 0 unspecified atom stereocenters. The first-order valence-corrected chi connectivity index (χ1v) is 14.1. The molecule has 0 saturated heterocycles. The van der Waals surface area contributed by atoms with Crippen molar-refractivity contribution in [1.29, 1.82) is 0 Å². The van der Waals surface area contributed by atoms with E-state index >= 15 is 0 Å². The fourth-order valence-corrected chi connectivity index (χ4v) is 3.32. The van der Waals surface area contributed by atoms with Gasteiger partial charge in [-0.2, -0.15) is 0 Å². The maximum atomic E-state index is 10.1. The van der Waals surface area contributed by atoms with Gasteiger partial charge in [-0.05, 0) is 57.2 Å². The van der Waals surface area contributed by atoms with E-state index in [-0.39, 0.29) is 88.4 Å². The average molecular weight is 836 g/mol. The van der Waals surface area contributed by atoms with Gasteiger partial charge in [0, 0.05) is 0 Å². The van der Waals surface area contributed by atoms with Gasteiger partial charge in [0.15, 0.2) is 0 Å². The molecule has 0 amide bonds. The zero-order chi connectivity index (χ0) is 27.6. The minimum atomic E-state index is -4.90. The first-order valence-electron chi connectivity index (χ1n) is 9.77. The van der Waals surface area contributed by atoms with Crippen molar-refractivity contribution in [3.05, 3.63) is 89.5 Å². The first-order chi connectivity index (χ1) is 16.4. The molecule has 38 heavy (non-hydrogen) atoms. The molecule has 3 aromatic carbocycles. The molecule has 198 valence electrons. The Kier molecular flexibility index (Phi) is 19.3. The Labute approximate surface area is 276 Å². The third kappa shape index (κ3) is 21.7. The predicted octanol–water partition coefficient (Wildman–Crippen LogP) is 0.608. The molecule has 0 N–H and O–H groups in total. The van der Waals surface area contributed by atoms with Gasteiger partial charge in [-0.15, -0.1) is 0 Å². The van der Waals surface area contributed by atoms with Crippen LogP contribution in [0.3, 0.4) is 0 Å². The molecule has 0 atom stereocenters. The van der Waals surface area contributed by atoms with Crippen molar-refractivity contribution < 1.29 is 128 Å². The van der Waals surface area contributed by atoms with Gasteiger partial charge in [0.05, 0.1) is 0 Å². The van der Waals surface area contributed by atoms with Crippen LogP contribution in [0.15, 0.2) is 72.8 Å². The van der Waals surface area contributed by atoms with Crippen LogP contribution in [0.5, 0.6) is 17.2 Å². The SMILES string of the molecule is Cc1ccc(OP(=O)([O-])[O-])cc1.Cc1ccc(OP(=O)([O-])[O-])cc1.Cc1ccc(OP(=O)([O-])[O-])cc1.[La+3].[La+3]. The van der Waals surface area contributed by atoms with Crippen molar-refractivity contribution in [1.82, 2.24) is 0 Å². The molecule has 0 aliphatic carbocycles. The molecule has 12 nitrogen and oxygen atoms in total. The molecule has 0 spiro atoms. The number of hydrogen-bond donors (Lipinski definition) is 0.